The third kappa shape index (κ3) is 4.04. The van der Waals surface area contributed by atoms with Crippen molar-refractivity contribution in [3.8, 4) is 11.1 Å². The Morgan fingerprint density at radius 2 is 1.75 bits per heavy atom. The molecule has 2 aromatic carbocycles. The van der Waals surface area contributed by atoms with Crippen LogP contribution in [0.5, 0.6) is 0 Å². The molecule has 0 bridgehead atoms. The molecule has 124 valence electrons. The summed E-state index contributed by atoms with van der Waals surface area (Å²) in [6, 6.07) is 17.4. The van der Waals surface area contributed by atoms with Crippen molar-refractivity contribution in [1.82, 2.24) is 0 Å². The number of ether oxygens (including phenoxy) is 1. The Labute approximate surface area is 145 Å². The molecule has 1 heteroatoms. The molecular formula is C23H26O. The number of benzene rings is 2. The highest BCUT2D eigenvalue weighted by Gasteiger charge is 2.14. The van der Waals surface area contributed by atoms with Crippen LogP contribution in [0.1, 0.15) is 37.8 Å². The molecule has 0 spiro atoms. The van der Waals surface area contributed by atoms with Crippen LogP contribution in [0.25, 0.3) is 16.7 Å². The second-order valence-electron chi connectivity index (χ2n) is 6.53. The molecule has 0 saturated carbocycles. The smallest absolute Gasteiger partial charge is 0.0519 e. The molecule has 0 aromatic heterocycles. The first-order chi connectivity index (χ1) is 11.8. The predicted molar refractivity (Wildman–Crippen MR) is 103 cm³/mol. The molecule has 0 fully saturated rings. The second-order valence-corrected chi connectivity index (χ2v) is 6.53. The fraction of sp³-hybridized carbons (Fsp3) is 0.304. The van der Waals surface area contributed by atoms with Gasteiger partial charge < -0.3 is 4.74 Å². The van der Waals surface area contributed by atoms with Gasteiger partial charge >= 0.3 is 0 Å². The highest BCUT2D eigenvalue weighted by atomic mass is 16.5. The maximum absolute atomic E-state index is 5.85. The zero-order valence-electron chi connectivity index (χ0n) is 14.7. The molecule has 0 saturated heterocycles. The zero-order valence-corrected chi connectivity index (χ0v) is 14.7. The van der Waals surface area contributed by atoms with Crippen LogP contribution in [0, 0.1) is 0 Å². The second kappa shape index (κ2) is 8.12. The third-order valence-corrected chi connectivity index (χ3v) is 4.42. The summed E-state index contributed by atoms with van der Waals surface area (Å²) in [6.45, 7) is 4.95. The number of rotatable bonds is 6. The van der Waals surface area contributed by atoms with Crippen LogP contribution in [0.2, 0.25) is 0 Å². The predicted octanol–water partition coefficient (Wildman–Crippen LogP) is 6.05. The normalized spacial score (nSPS) is 14.0. The first-order valence-corrected chi connectivity index (χ1v) is 8.90. The molecule has 0 atom stereocenters. The number of hydrogen-bond acceptors (Lipinski definition) is 1. The Kier molecular flexibility index (Phi) is 5.66. The van der Waals surface area contributed by atoms with Crippen LogP contribution in [0.15, 0.2) is 66.8 Å². The van der Waals surface area contributed by atoms with E-state index in [1.54, 1.807) is 0 Å². The molecule has 0 radical (unpaired) electrons. The Hall–Kier alpha value is -2.12. The van der Waals surface area contributed by atoms with Crippen LogP contribution in [-0.2, 0) is 11.2 Å². The summed E-state index contributed by atoms with van der Waals surface area (Å²) in [4.78, 5) is 0. The van der Waals surface area contributed by atoms with Gasteiger partial charge in [0.25, 0.3) is 0 Å². The summed E-state index contributed by atoms with van der Waals surface area (Å²) in [6.07, 6.45) is 10.2. The van der Waals surface area contributed by atoms with Gasteiger partial charge in [0.1, 0.15) is 0 Å². The maximum Gasteiger partial charge on any atom is 0.0519 e. The monoisotopic (exact) mass is 318 g/mol. The number of hydrogen-bond donors (Lipinski definition) is 0. The van der Waals surface area contributed by atoms with E-state index in [0.29, 0.717) is 0 Å². The van der Waals surface area contributed by atoms with Crippen molar-refractivity contribution in [3.63, 3.8) is 0 Å². The summed E-state index contributed by atoms with van der Waals surface area (Å²) in [5.74, 6) is 0. The Balaban J connectivity index is 2.01. The van der Waals surface area contributed by atoms with Crippen molar-refractivity contribution in [2.45, 2.75) is 39.2 Å². The number of allylic oxidation sites excluding steroid dienone is 4. The van der Waals surface area contributed by atoms with E-state index in [9.17, 15) is 0 Å². The van der Waals surface area contributed by atoms with Crippen molar-refractivity contribution in [2.75, 3.05) is 6.61 Å². The first kappa shape index (κ1) is 16.7. The minimum atomic E-state index is 0.272. The van der Waals surface area contributed by atoms with Crippen molar-refractivity contribution in [1.29, 1.82) is 0 Å². The van der Waals surface area contributed by atoms with Gasteiger partial charge in [0.2, 0.25) is 0 Å². The summed E-state index contributed by atoms with van der Waals surface area (Å²) < 4.78 is 5.85. The molecule has 3 rings (SSSR count). The van der Waals surface area contributed by atoms with E-state index in [1.807, 2.05) is 0 Å². The average molecular weight is 318 g/mol. The first-order valence-electron chi connectivity index (χ1n) is 8.90. The van der Waals surface area contributed by atoms with Gasteiger partial charge in [0, 0.05) is 0 Å². The van der Waals surface area contributed by atoms with E-state index in [1.165, 1.54) is 27.8 Å². The Morgan fingerprint density at radius 3 is 2.46 bits per heavy atom. The van der Waals surface area contributed by atoms with E-state index < -0.39 is 0 Å². The van der Waals surface area contributed by atoms with Crippen molar-refractivity contribution < 1.29 is 4.74 Å². The van der Waals surface area contributed by atoms with Gasteiger partial charge in [0.05, 0.1) is 12.7 Å². The zero-order chi connectivity index (χ0) is 16.8. The topological polar surface area (TPSA) is 9.23 Å². The molecule has 24 heavy (non-hydrogen) atoms. The van der Waals surface area contributed by atoms with Crippen LogP contribution in [0.4, 0.5) is 0 Å². The van der Waals surface area contributed by atoms with Gasteiger partial charge in [-0.2, -0.15) is 0 Å². The van der Waals surface area contributed by atoms with E-state index in [0.717, 1.165) is 25.9 Å². The Bertz CT molecular complexity index is 723. The quantitative estimate of drug-likeness (QED) is 0.629. The van der Waals surface area contributed by atoms with Crippen LogP contribution in [-0.4, -0.2) is 12.7 Å². The molecule has 1 aliphatic carbocycles. The summed E-state index contributed by atoms with van der Waals surface area (Å²) >= 11 is 0. The minimum absolute atomic E-state index is 0.272. The minimum Gasteiger partial charge on any atom is -0.378 e. The van der Waals surface area contributed by atoms with Crippen molar-refractivity contribution in [3.05, 3.63) is 77.9 Å². The molecule has 0 amide bonds. The van der Waals surface area contributed by atoms with Gasteiger partial charge in [-0.05, 0) is 60.9 Å². The van der Waals surface area contributed by atoms with Gasteiger partial charge in [0.15, 0.2) is 0 Å². The van der Waals surface area contributed by atoms with Crippen molar-refractivity contribution in [2.24, 2.45) is 0 Å². The lowest BCUT2D eigenvalue weighted by Crippen LogP contribution is -2.08. The van der Waals surface area contributed by atoms with E-state index in [4.69, 9.17) is 4.74 Å². The van der Waals surface area contributed by atoms with Gasteiger partial charge in [-0.3, -0.25) is 0 Å². The van der Waals surface area contributed by atoms with Crippen LogP contribution >= 0.6 is 0 Å². The maximum atomic E-state index is 5.85. The molecule has 2 aromatic rings. The lowest BCUT2D eigenvalue weighted by atomic mass is 9.87. The molecule has 1 aliphatic rings. The lowest BCUT2D eigenvalue weighted by Gasteiger charge is -2.19. The highest BCUT2D eigenvalue weighted by molar-refractivity contribution is 5.78. The summed E-state index contributed by atoms with van der Waals surface area (Å²) in [5, 5.41) is 0. The molecule has 0 heterocycles. The molecular weight excluding hydrogens is 292 g/mol. The van der Waals surface area contributed by atoms with Gasteiger partial charge in [-0.1, -0.05) is 66.8 Å². The molecule has 1 nitrogen and oxygen atoms in total. The highest BCUT2D eigenvalue weighted by Crippen LogP contribution is 2.33. The van der Waals surface area contributed by atoms with Crippen molar-refractivity contribution >= 4 is 5.57 Å². The fourth-order valence-electron chi connectivity index (χ4n) is 3.27. The molecule has 0 aliphatic heterocycles. The SMILES string of the molecule is CC(C)OCCc1c(C2=CC=CCC2)cccc1-c1ccccc1. The standard InChI is InChI=1S/C23H26O/c1-18(2)24-17-16-23-21(19-10-5-3-6-11-19)14-9-15-22(23)20-12-7-4-8-13-20/h3-7,9-12,14-15,18H,8,13,16-17H2,1-2H3. The summed E-state index contributed by atoms with van der Waals surface area (Å²) in [7, 11) is 0. The van der Waals surface area contributed by atoms with E-state index in [2.05, 4.69) is 80.6 Å². The summed E-state index contributed by atoms with van der Waals surface area (Å²) in [5.41, 5.74) is 6.84. The van der Waals surface area contributed by atoms with Gasteiger partial charge in [-0.15, -0.1) is 0 Å². The molecule has 0 N–H and O–H groups in total. The lowest BCUT2D eigenvalue weighted by molar-refractivity contribution is 0.0814. The van der Waals surface area contributed by atoms with Gasteiger partial charge in [-0.25, -0.2) is 0 Å². The largest absolute Gasteiger partial charge is 0.378 e. The van der Waals surface area contributed by atoms with E-state index in [-0.39, 0.29) is 6.10 Å². The molecule has 0 unspecified atom stereocenters. The van der Waals surface area contributed by atoms with E-state index >= 15 is 0 Å². The average Bonchev–Trinajstić information content (AvgIpc) is 2.63. The third-order valence-electron chi connectivity index (χ3n) is 4.42. The fourth-order valence-corrected chi connectivity index (χ4v) is 3.27. The van der Waals surface area contributed by atoms with Crippen LogP contribution in [0.3, 0.4) is 0 Å². The van der Waals surface area contributed by atoms with Crippen LogP contribution < -0.4 is 0 Å². The Morgan fingerprint density at radius 1 is 0.958 bits per heavy atom.